The van der Waals surface area contributed by atoms with Crippen LogP contribution in [0.4, 0.5) is 0 Å². The summed E-state index contributed by atoms with van der Waals surface area (Å²) in [6, 6.07) is 2.50. The van der Waals surface area contributed by atoms with Crippen LogP contribution in [0.15, 0.2) is 22.8 Å². The van der Waals surface area contributed by atoms with Crippen molar-refractivity contribution in [3.8, 4) is 0 Å². The normalized spacial score (nSPS) is 31.8. The fourth-order valence-corrected chi connectivity index (χ4v) is 5.14. The number of likely N-dealkylation sites (tertiary alicyclic amines) is 1. The van der Waals surface area contributed by atoms with Crippen molar-refractivity contribution in [1.82, 2.24) is 4.90 Å². The van der Waals surface area contributed by atoms with E-state index in [0.717, 1.165) is 37.1 Å². The highest BCUT2D eigenvalue weighted by atomic mass is 32.1. The lowest BCUT2D eigenvalue weighted by Gasteiger charge is -2.47. The molecule has 3 N–H and O–H groups in total. The summed E-state index contributed by atoms with van der Waals surface area (Å²) in [5.41, 5.74) is 7.58. The lowest BCUT2D eigenvalue weighted by Crippen LogP contribution is -2.51. The maximum absolute atomic E-state index is 10.3. The van der Waals surface area contributed by atoms with Crippen LogP contribution in [0.25, 0.3) is 0 Å². The third-order valence-corrected chi connectivity index (χ3v) is 6.37. The number of aryl methyl sites for hydroxylation is 1. The quantitative estimate of drug-likeness (QED) is 0.822. The Kier molecular flexibility index (Phi) is 5.11. The lowest BCUT2D eigenvalue weighted by molar-refractivity contribution is -0.137. The second-order valence-corrected chi connectivity index (χ2v) is 8.12. The smallest absolute Gasteiger partial charge is 0.105 e. The van der Waals surface area contributed by atoms with Gasteiger partial charge in [-0.25, -0.2) is 0 Å². The first-order chi connectivity index (χ1) is 11.5. The number of aliphatic hydroxyl groups is 1. The summed E-state index contributed by atoms with van der Waals surface area (Å²) in [6.07, 6.45) is 4.85. The van der Waals surface area contributed by atoms with Crippen LogP contribution in [0.5, 0.6) is 0 Å². The average molecular weight is 350 g/mol. The fourth-order valence-electron chi connectivity index (χ4n) is 3.89. The van der Waals surface area contributed by atoms with Gasteiger partial charge in [0.25, 0.3) is 0 Å². The van der Waals surface area contributed by atoms with E-state index >= 15 is 0 Å². The van der Waals surface area contributed by atoms with Crippen molar-refractivity contribution < 1.29 is 9.84 Å². The lowest BCUT2D eigenvalue weighted by atomic mass is 9.81. The predicted octanol–water partition coefficient (Wildman–Crippen LogP) is 2.34. The highest BCUT2D eigenvalue weighted by Crippen LogP contribution is 2.49. The van der Waals surface area contributed by atoms with Crippen LogP contribution in [0, 0.1) is 6.92 Å². The highest BCUT2D eigenvalue weighted by molar-refractivity contribution is 7.12. The molecule has 0 aromatic carbocycles. The molecule has 1 saturated heterocycles. The minimum atomic E-state index is -0.489. The molecule has 6 heteroatoms. The van der Waals surface area contributed by atoms with Crippen molar-refractivity contribution in [2.75, 3.05) is 26.7 Å². The zero-order valence-electron chi connectivity index (χ0n) is 14.7. The summed E-state index contributed by atoms with van der Waals surface area (Å²) in [5.74, 6) is 0. The van der Waals surface area contributed by atoms with Gasteiger partial charge >= 0.3 is 0 Å². The standard InChI is InChI=1S/C18H27N3O2S/c1-12-7-18(4-5-21(12)10-14(8-19)9-20-3)17-15(6-13(2)24-17)16(22)11-23-18/h6,8-9,12,16,22H,4-5,7,10-11,19H2,1-3H3/b14-8+,20-9?/t12-,16?,18?/m0/s1. The number of piperidine rings is 1. The van der Waals surface area contributed by atoms with E-state index in [1.165, 1.54) is 9.75 Å². The van der Waals surface area contributed by atoms with E-state index in [2.05, 4.69) is 29.8 Å². The maximum atomic E-state index is 10.3. The molecule has 0 saturated carbocycles. The van der Waals surface area contributed by atoms with E-state index in [1.807, 2.05) is 6.21 Å². The van der Waals surface area contributed by atoms with Gasteiger partial charge in [-0.3, -0.25) is 9.89 Å². The third-order valence-electron chi connectivity index (χ3n) is 5.12. The van der Waals surface area contributed by atoms with Crippen LogP contribution in [0.2, 0.25) is 0 Å². The Morgan fingerprint density at radius 1 is 1.62 bits per heavy atom. The summed E-state index contributed by atoms with van der Waals surface area (Å²) >= 11 is 1.77. The minimum absolute atomic E-state index is 0.241. The van der Waals surface area contributed by atoms with E-state index in [9.17, 15) is 5.11 Å². The summed E-state index contributed by atoms with van der Waals surface area (Å²) < 4.78 is 6.22. The van der Waals surface area contributed by atoms with E-state index < -0.39 is 6.10 Å². The number of ether oxygens (including phenoxy) is 1. The molecule has 5 nitrogen and oxygen atoms in total. The van der Waals surface area contributed by atoms with Crippen molar-refractivity contribution in [2.24, 2.45) is 10.7 Å². The molecule has 3 atom stereocenters. The number of thiophene rings is 1. The van der Waals surface area contributed by atoms with Crippen molar-refractivity contribution in [3.63, 3.8) is 0 Å². The Hall–Kier alpha value is -1.21. The molecule has 0 amide bonds. The van der Waals surface area contributed by atoms with Gasteiger partial charge in [-0.2, -0.15) is 0 Å². The van der Waals surface area contributed by atoms with Crippen LogP contribution in [0.3, 0.4) is 0 Å². The van der Waals surface area contributed by atoms with Crippen LogP contribution in [-0.2, 0) is 10.3 Å². The Morgan fingerprint density at radius 3 is 3.08 bits per heavy atom. The number of rotatable bonds is 3. The molecule has 24 heavy (non-hydrogen) atoms. The predicted molar refractivity (Wildman–Crippen MR) is 98.6 cm³/mol. The van der Waals surface area contributed by atoms with Crippen molar-refractivity contribution in [2.45, 2.75) is 44.4 Å². The first-order valence-electron chi connectivity index (χ1n) is 8.49. The number of hydrogen-bond acceptors (Lipinski definition) is 6. The molecule has 1 fully saturated rings. The summed E-state index contributed by atoms with van der Waals surface area (Å²) in [6.45, 7) is 6.50. The first kappa shape index (κ1) is 17.6. The molecule has 3 rings (SSSR count). The monoisotopic (exact) mass is 349 g/mol. The summed E-state index contributed by atoms with van der Waals surface area (Å²) in [4.78, 5) is 8.98. The van der Waals surface area contributed by atoms with Crippen LogP contribution in [0.1, 0.15) is 41.2 Å². The van der Waals surface area contributed by atoms with Crippen LogP contribution in [-0.4, -0.2) is 49.0 Å². The molecule has 2 aliphatic rings. The van der Waals surface area contributed by atoms with Gasteiger partial charge in [-0.15, -0.1) is 11.3 Å². The Balaban J connectivity index is 1.79. The zero-order chi connectivity index (χ0) is 17.3. The van der Waals surface area contributed by atoms with Gasteiger partial charge < -0.3 is 15.6 Å². The molecule has 3 heterocycles. The van der Waals surface area contributed by atoms with Crippen LogP contribution >= 0.6 is 11.3 Å². The molecule has 2 unspecified atom stereocenters. The average Bonchev–Trinajstić information content (AvgIpc) is 2.96. The second-order valence-electron chi connectivity index (χ2n) is 6.87. The second kappa shape index (κ2) is 6.96. The molecular formula is C18H27N3O2S. The number of nitrogens with two attached hydrogens (primary N) is 1. The van der Waals surface area contributed by atoms with Gasteiger partial charge in [0.05, 0.1) is 6.61 Å². The van der Waals surface area contributed by atoms with Gasteiger partial charge in [-0.05, 0) is 50.1 Å². The number of aliphatic imine (C=N–C) groups is 1. The van der Waals surface area contributed by atoms with Crippen LogP contribution < -0.4 is 5.73 Å². The largest absolute Gasteiger partial charge is 0.404 e. The SMILES string of the molecule is CN=C/C(=C\N)CN1CCC2(C[C@@H]1C)OCC(O)c1cc(C)sc12. The summed E-state index contributed by atoms with van der Waals surface area (Å²) in [5, 5.41) is 10.3. The van der Waals surface area contributed by atoms with Crippen molar-refractivity contribution in [1.29, 1.82) is 0 Å². The Morgan fingerprint density at radius 2 is 2.42 bits per heavy atom. The highest BCUT2D eigenvalue weighted by Gasteiger charge is 2.46. The van der Waals surface area contributed by atoms with E-state index in [-0.39, 0.29) is 5.60 Å². The Labute approximate surface area is 147 Å². The Bertz CT molecular complexity index is 655. The first-order valence-corrected chi connectivity index (χ1v) is 9.30. The number of hydrogen-bond donors (Lipinski definition) is 2. The summed E-state index contributed by atoms with van der Waals surface area (Å²) in [7, 11) is 1.76. The molecular weight excluding hydrogens is 322 g/mol. The van der Waals surface area contributed by atoms with E-state index in [0.29, 0.717) is 12.6 Å². The van der Waals surface area contributed by atoms with Crippen molar-refractivity contribution in [3.05, 3.63) is 33.2 Å². The number of nitrogens with zero attached hydrogens (tertiary/aromatic N) is 2. The molecule has 1 aromatic rings. The van der Waals surface area contributed by atoms with E-state index in [4.69, 9.17) is 10.5 Å². The van der Waals surface area contributed by atoms with Gasteiger partial charge in [0.2, 0.25) is 0 Å². The molecule has 1 aromatic heterocycles. The maximum Gasteiger partial charge on any atom is 0.105 e. The van der Waals surface area contributed by atoms with E-state index in [1.54, 1.807) is 24.6 Å². The van der Waals surface area contributed by atoms with Gasteiger partial charge in [0.1, 0.15) is 11.7 Å². The van der Waals surface area contributed by atoms with Gasteiger partial charge in [0.15, 0.2) is 0 Å². The molecule has 2 aliphatic heterocycles. The molecule has 1 spiro atoms. The number of fused-ring (bicyclic) bond motifs is 2. The molecule has 132 valence electrons. The number of aliphatic hydroxyl groups excluding tert-OH is 1. The molecule has 0 radical (unpaired) electrons. The topological polar surface area (TPSA) is 71.1 Å². The minimum Gasteiger partial charge on any atom is -0.404 e. The molecule has 0 bridgehead atoms. The van der Waals surface area contributed by atoms with Crippen molar-refractivity contribution >= 4 is 17.6 Å². The molecule has 0 aliphatic carbocycles. The van der Waals surface area contributed by atoms with Gasteiger partial charge in [0, 0.05) is 42.1 Å². The third kappa shape index (κ3) is 3.16. The fraction of sp³-hybridized carbons (Fsp3) is 0.611. The van der Waals surface area contributed by atoms with Gasteiger partial charge in [-0.1, -0.05) is 0 Å². The zero-order valence-corrected chi connectivity index (χ0v) is 15.5.